The van der Waals surface area contributed by atoms with Gasteiger partial charge in [-0.2, -0.15) is 0 Å². The molecule has 1 aromatic heterocycles. The number of rotatable bonds is 10. The Kier molecular flexibility index (Phi) is 8.12. The van der Waals surface area contributed by atoms with Crippen molar-refractivity contribution in [2.75, 3.05) is 20.2 Å². The van der Waals surface area contributed by atoms with Crippen LogP contribution in [-0.4, -0.2) is 36.0 Å². The predicted octanol–water partition coefficient (Wildman–Crippen LogP) is 4.49. The molecule has 0 bridgehead atoms. The van der Waals surface area contributed by atoms with Crippen molar-refractivity contribution in [3.05, 3.63) is 89.7 Å². The van der Waals surface area contributed by atoms with Crippen molar-refractivity contribution in [3.8, 4) is 11.1 Å². The number of aromatic nitrogens is 1. The molecule has 3 rings (SSSR count). The van der Waals surface area contributed by atoms with E-state index in [2.05, 4.69) is 77.0 Å². The van der Waals surface area contributed by atoms with E-state index in [9.17, 15) is 4.79 Å². The van der Waals surface area contributed by atoms with Gasteiger partial charge in [-0.1, -0.05) is 54.6 Å². The van der Waals surface area contributed by atoms with Crippen molar-refractivity contribution in [1.82, 2.24) is 15.4 Å². The first-order valence-electron chi connectivity index (χ1n) is 10.4. The summed E-state index contributed by atoms with van der Waals surface area (Å²) in [5.41, 5.74) is 7.41. The summed E-state index contributed by atoms with van der Waals surface area (Å²) in [5, 5.41) is 0. The van der Waals surface area contributed by atoms with Crippen molar-refractivity contribution in [1.29, 1.82) is 0 Å². The molecule has 0 spiro atoms. The zero-order chi connectivity index (χ0) is 21.2. The fourth-order valence-electron chi connectivity index (χ4n) is 3.33. The fraction of sp³-hybridized carbons (Fsp3) is 0.280. The van der Waals surface area contributed by atoms with Crippen LogP contribution in [0.4, 0.5) is 0 Å². The molecule has 0 aliphatic heterocycles. The highest BCUT2D eigenvalue weighted by molar-refractivity contribution is 5.91. The third-order valence-corrected chi connectivity index (χ3v) is 4.87. The van der Waals surface area contributed by atoms with Crippen LogP contribution in [0.25, 0.3) is 11.1 Å². The van der Waals surface area contributed by atoms with Crippen LogP contribution in [0.5, 0.6) is 0 Å². The first-order chi connectivity index (χ1) is 14.7. The maximum Gasteiger partial charge on any atom is 0.293 e. The smallest absolute Gasteiger partial charge is 0.293 e. The molecule has 0 aliphatic carbocycles. The van der Waals surface area contributed by atoms with Gasteiger partial charge in [0.05, 0.1) is 6.61 Å². The summed E-state index contributed by atoms with van der Waals surface area (Å²) >= 11 is 0. The minimum Gasteiger partial charge on any atom is -0.302 e. The second-order valence-electron chi connectivity index (χ2n) is 7.32. The molecule has 30 heavy (non-hydrogen) atoms. The van der Waals surface area contributed by atoms with Gasteiger partial charge < -0.3 is 4.90 Å². The SMILES string of the molecule is CCONC(=O)c1ccc(-c2cccc(CN(C)CCCc3ccccc3)c2)cn1. The van der Waals surface area contributed by atoms with Crippen LogP contribution >= 0.6 is 0 Å². The van der Waals surface area contributed by atoms with Crippen molar-refractivity contribution in [2.24, 2.45) is 0 Å². The van der Waals surface area contributed by atoms with E-state index < -0.39 is 0 Å². The van der Waals surface area contributed by atoms with Crippen LogP contribution in [0.15, 0.2) is 72.9 Å². The maximum absolute atomic E-state index is 11.9. The van der Waals surface area contributed by atoms with Gasteiger partial charge in [0.1, 0.15) is 5.69 Å². The minimum atomic E-state index is -0.339. The largest absolute Gasteiger partial charge is 0.302 e. The first-order valence-corrected chi connectivity index (χ1v) is 10.4. The summed E-state index contributed by atoms with van der Waals surface area (Å²) in [6.45, 7) is 4.16. The third-order valence-electron chi connectivity index (χ3n) is 4.87. The average Bonchev–Trinajstić information content (AvgIpc) is 2.78. The van der Waals surface area contributed by atoms with Crippen molar-refractivity contribution in [3.63, 3.8) is 0 Å². The maximum atomic E-state index is 11.9. The van der Waals surface area contributed by atoms with E-state index in [1.165, 1.54) is 11.1 Å². The molecule has 1 heterocycles. The number of aryl methyl sites for hydroxylation is 1. The zero-order valence-corrected chi connectivity index (χ0v) is 17.7. The van der Waals surface area contributed by atoms with Gasteiger partial charge in [0.25, 0.3) is 5.91 Å². The third kappa shape index (κ3) is 6.51. The number of hydrogen-bond acceptors (Lipinski definition) is 4. The Labute approximate surface area is 178 Å². The predicted molar refractivity (Wildman–Crippen MR) is 120 cm³/mol. The summed E-state index contributed by atoms with van der Waals surface area (Å²) in [6, 6.07) is 22.7. The average molecular weight is 404 g/mol. The Morgan fingerprint density at radius 2 is 1.80 bits per heavy atom. The van der Waals surface area contributed by atoms with Crippen LogP contribution in [0.2, 0.25) is 0 Å². The van der Waals surface area contributed by atoms with Crippen LogP contribution in [0, 0.1) is 0 Å². The van der Waals surface area contributed by atoms with E-state index in [0.717, 1.165) is 37.1 Å². The summed E-state index contributed by atoms with van der Waals surface area (Å²) < 4.78 is 0. The molecule has 156 valence electrons. The highest BCUT2D eigenvalue weighted by atomic mass is 16.6. The number of nitrogens with zero attached hydrogens (tertiary/aromatic N) is 2. The van der Waals surface area contributed by atoms with Gasteiger partial charge >= 0.3 is 0 Å². The molecule has 5 nitrogen and oxygen atoms in total. The Balaban J connectivity index is 1.55. The number of nitrogens with one attached hydrogen (secondary N) is 1. The number of amides is 1. The summed E-state index contributed by atoms with van der Waals surface area (Å²) in [6.07, 6.45) is 3.96. The van der Waals surface area contributed by atoms with Gasteiger partial charge in [0, 0.05) is 18.3 Å². The lowest BCUT2D eigenvalue weighted by Gasteiger charge is -2.17. The standard InChI is InChI=1S/C25H29N3O2/c1-3-30-27-25(29)24-15-14-23(18-26-24)22-13-7-11-21(17-22)19-28(2)16-8-12-20-9-5-4-6-10-20/h4-7,9-11,13-15,17-18H,3,8,12,16,19H2,1-2H3,(H,27,29). The highest BCUT2D eigenvalue weighted by Gasteiger charge is 2.08. The molecule has 5 heteroatoms. The molecule has 0 fully saturated rings. The van der Waals surface area contributed by atoms with Gasteiger partial charge in [-0.3, -0.25) is 14.6 Å². The second kappa shape index (κ2) is 11.2. The highest BCUT2D eigenvalue weighted by Crippen LogP contribution is 2.20. The number of hydroxylamine groups is 1. The molecule has 0 aliphatic rings. The van der Waals surface area contributed by atoms with Gasteiger partial charge in [-0.05, 0) is 62.2 Å². The summed E-state index contributed by atoms with van der Waals surface area (Å²) in [5.74, 6) is -0.339. The lowest BCUT2D eigenvalue weighted by atomic mass is 10.0. The van der Waals surface area contributed by atoms with Crippen LogP contribution in [-0.2, 0) is 17.8 Å². The lowest BCUT2D eigenvalue weighted by molar-refractivity contribution is 0.0360. The lowest BCUT2D eigenvalue weighted by Crippen LogP contribution is -2.24. The van der Waals surface area contributed by atoms with Crippen LogP contribution < -0.4 is 5.48 Å². The first kappa shape index (κ1) is 21.7. The Morgan fingerprint density at radius 1 is 1.00 bits per heavy atom. The van der Waals surface area contributed by atoms with Crippen molar-refractivity contribution in [2.45, 2.75) is 26.3 Å². The molecule has 0 radical (unpaired) electrons. The Hall–Kier alpha value is -3.02. The molecular weight excluding hydrogens is 374 g/mol. The van der Waals surface area contributed by atoms with E-state index in [0.29, 0.717) is 12.3 Å². The van der Waals surface area contributed by atoms with Crippen LogP contribution in [0.3, 0.4) is 0 Å². The van der Waals surface area contributed by atoms with E-state index >= 15 is 0 Å². The number of benzene rings is 2. The monoisotopic (exact) mass is 403 g/mol. The number of hydrogen-bond donors (Lipinski definition) is 1. The summed E-state index contributed by atoms with van der Waals surface area (Å²) in [4.78, 5) is 23.4. The molecule has 2 aromatic carbocycles. The van der Waals surface area contributed by atoms with E-state index in [1.807, 2.05) is 13.0 Å². The van der Waals surface area contributed by atoms with Crippen molar-refractivity contribution >= 4 is 5.91 Å². The number of carbonyl (C=O) groups excluding carboxylic acids is 1. The van der Waals surface area contributed by atoms with Crippen LogP contribution in [0.1, 0.15) is 35.0 Å². The van der Waals surface area contributed by atoms with E-state index in [1.54, 1.807) is 12.3 Å². The topological polar surface area (TPSA) is 54.5 Å². The zero-order valence-electron chi connectivity index (χ0n) is 17.7. The second-order valence-corrected chi connectivity index (χ2v) is 7.32. The molecule has 1 N–H and O–H groups in total. The molecule has 0 unspecified atom stereocenters. The fourth-order valence-corrected chi connectivity index (χ4v) is 3.33. The molecule has 0 atom stereocenters. The van der Waals surface area contributed by atoms with E-state index in [4.69, 9.17) is 4.84 Å². The number of carbonyl (C=O) groups is 1. The molecule has 1 amide bonds. The van der Waals surface area contributed by atoms with Gasteiger partial charge in [-0.25, -0.2) is 5.48 Å². The molecular formula is C25H29N3O2. The quantitative estimate of drug-likeness (QED) is 0.507. The van der Waals surface area contributed by atoms with Gasteiger partial charge in [0.15, 0.2) is 0 Å². The molecule has 3 aromatic rings. The summed E-state index contributed by atoms with van der Waals surface area (Å²) in [7, 11) is 2.16. The normalized spacial score (nSPS) is 10.9. The van der Waals surface area contributed by atoms with Crippen molar-refractivity contribution < 1.29 is 9.63 Å². The van der Waals surface area contributed by atoms with E-state index in [-0.39, 0.29) is 5.91 Å². The Bertz CT molecular complexity index is 927. The van der Waals surface area contributed by atoms with Gasteiger partial charge in [0.2, 0.25) is 0 Å². The Morgan fingerprint density at radius 3 is 2.53 bits per heavy atom. The number of pyridine rings is 1. The minimum absolute atomic E-state index is 0.335. The molecule has 0 saturated heterocycles. The van der Waals surface area contributed by atoms with Gasteiger partial charge in [-0.15, -0.1) is 0 Å². The molecule has 0 saturated carbocycles.